The summed E-state index contributed by atoms with van der Waals surface area (Å²) in [6.07, 6.45) is 4.40. The number of nitrogens with one attached hydrogen (secondary N) is 1. The fourth-order valence-electron chi connectivity index (χ4n) is 2.11. The molecule has 2 fully saturated rings. The van der Waals surface area contributed by atoms with Gasteiger partial charge in [-0.15, -0.1) is 11.3 Å². The molecule has 1 amide bonds. The van der Waals surface area contributed by atoms with Crippen LogP contribution in [0.3, 0.4) is 0 Å². The maximum Gasteiger partial charge on any atom is 0.329 e. The van der Waals surface area contributed by atoms with Crippen molar-refractivity contribution >= 4 is 23.2 Å². The third-order valence-electron chi connectivity index (χ3n) is 3.46. The molecule has 1 atom stereocenters. The zero-order valence-electron chi connectivity index (χ0n) is 10.2. The average Bonchev–Trinajstić information content (AvgIpc) is 2.87. The minimum absolute atomic E-state index is 0.0130. The van der Waals surface area contributed by atoms with Crippen molar-refractivity contribution in [1.29, 1.82) is 0 Å². The van der Waals surface area contributed by atoms with Crippen LogP contribution in [-0.2, 0) is 9.53 Å². The Hall–Kier alpha value is -1.47. The van der Waals surface area contributed by atoms with Gasteiger partial charge >= 0.3 is 5.97 Å². The molecule has 0 bridgehead atoms. The molecule has 0 spiro atoms. The highest BCUT2D eigenvalue weighted by molar-refractivity contribution is 7.13. The number of ether oxygens (including phenoxy) is 1. The van der Waals surface area contributed by atoms with Crippen LogP contribution in [0.1, 0.15) is 46.5 Å². The molecule has 1 aromatic heterocycles. The second kappa shape index (κ2) is 4.57. The lowest BCUT2D eigenvalue weighted by Gasteiger charge is -2.10. The van der Waals surface area contributed by atoms with Gasteiger partial charge in [-0.1, -0.05) is 0 Å². The third-order valence-corrected chi connectivity index (χ3v) is 4.55. The summed E-state index contributed by atoms with van der Waals surface area (Å²) in [5.41, 5.74) is -1.05. The van der Waals surface area contributed by atoms with E-state index in [9.17, 15) is 9.59 Å². The summed E-state index contributed by atoms with van der Waals surface area (Å²) in [6, 6.07) is 0. The molecule has 2 N–H and O–H groups in total. The minimum Gasteiger partial charge on any atom is -0.480 e. The number of carboxylic acids is 1. The standard InChI is InChI=1S/C12H14N2O4S/c15-9(14-12(3-4-12)11(16)17)8-6-13-10(19-8)7-2-1-5-18-7/h6-7H,1-5H2,(H,14,15)(H,16,17). The van der Waals surface area contributed by atoms with E-state index in [1.807, 2.05) is 0 Å². The SMILES string of the molecule is O=C(NC1(C(=O)O)CC1)c1cnc(C2CCCO2)s1. The quantitative estimate of drug-likeness (QED) is 0.870. The number of aliphatic carboxylic acids is 1. The number of carbonyl (C=O) groups is 2. The molecule has 7 heteroatoms. The van der Waals surface area contributed by atoms with Crippen molar-refractivity contribution in [2.24, 2.45) is 0 Å². The molecule has 2 heterocycles. The van der Waals surface area contributed by atoms with E-state index in [0.29, 0.717) is 17.7 Å². The molecule has 6 nitrogen and oxygen atoms in total. The van der Waals surface area contributed by atoms with Crippen LogP contribution in [0.4, 0.5) is 0 Å². The van der Waals surface area contributed by atoms with Gasteiger partial charge in [0.05, 0.1) is 6.20 Å². The maximum atomic E-state index is 12.0. The Balaban J connectivity index is 1.69. The molecule has 1 saturated carbocycles. The number of carboxylic acid groups (broad SMARTS) is 1. The number of hydrogen-bond acceptors (Lipinski definition) is 5. The van der Waals surface area contributed by atoms with Crippen LogP contribution in [0, 0.1) is 0 Å². The van der Waals surface area contributed by atoms with E-state index < -0.39 is 11.5 Å². The van der Waals surface area contributed by atoms with Crippen molar-refractivity contribution in [3.63, 3.8) is 0 Å². The van der Waals surface area contributed by atoms with E-state index in [2.05, 4.69) is 10.3 Å². The zero-order chi connectivity index (χ0) is 13.5. The average molecular weight is 282 g/mol. The Labute approximate surface area is 113 Å². The Morgan fingerprint density at radius 3 is 2.89 bits per heavy atom. The summed E-state index contributed by atoms with van der Waals surface area (Å²) in [6.45, 7) is 0.730. The highest BCUT2D eigenvalue weighted by Crippen LogP contribution is 2.36. The van der Waals surface area contributed by atoms with Gasteiger partial charge in [0.15, 0.2) is 0 Å². The van der Waals surface area contributed by atoms with Gasteiger partial charge in [-0.05, 0) is 25.7 Å². The highest BCUT2D eigenvalue weighted by atomic mass is 32.1. The third kappa shape index (κ3) is 2.35. The first-order valence-corrected chi connectivity index (χ1v) is 7.06. The first kappa shape index (κ1) is 12.6. The molecule has 1 aliphatic heterocycles. The Kier molecular flexibility index (Phi) is 3.02. The number of nitrogens with zero attached hydrogens (tertiary/aromatic N) is 1. The van der Waals surface area contributed by atoms with E-state index in [4.69, 9.17) is 9.84 Å². The Morgan fingerprint density at radius 2 is 2.32 bits per heavy atom. The monoisotopic (exact) mass is 282 g/mol. The molecular formula is C12H14N2O4S. The van der Waals surface area contributed by atoms with Gasteiger partial charge in [0, 0.05) is 6.61 Å². The number of hydrogen-bond donors (Lipinski definition) is 2. The fraction of sp³-hybridized carbons (Fsp3) is 0.583. The summed E-state index contributed by atoms with van der Waals surface area (Å²) < 4.78 is 5.51. The number of amides is 1. The molecule has 102 valence electrons. The van der Waals surface area contributed by atoms with Gasteiger partial charge in [0.2, 0.25) is 0 Å². The van der Waals surface area contributed by atoms with Gasteiger partial charge in [0.1, 0.15) is 21.5 Å². The van der Waals surface area contributed by atoms with Crippen LogP contribution in [0.15, 0.2) is 6.20 Å². The number of thiazole rings is 1. The molecule has 1 unspecified atom stereocenters. The van der Waals surface area contributed by atoms with E-state index in [-0.39, 0.29) is 12.0 Å². The summed E-state index contributed by atoms with van der Waals surface area (Å²) in [7, 11) is 0. The lowest BCUT2D eigenvalue weighted by molar-refractivity contribution is -0.140. The van der Waals surface area contributed by atoms with Crippen molar-refractivity contribution in [3.05, 3.63) is 16.1 Å². The number of rotatable bonds is 4. The molecule has 0 radical (unpaired) electrons. The van der Waals surface area contributed by atoms with Crippen molar-refractivity contribution in [2.75, 3.05) is 6.61 Å². The molecule has 19 heavy (non-hydrogen) atoms. The van der Waals surface area contributed by atoms with Crippen LogP contribution in [-0.4, -0.2) is 34.1 Å². The van der Waals surface area contributed by atoms with Gasteiger partial charge in [-0.2, -0.15) is 0 Å². The van der Waals surface area contributed by atoms with Crippen LogP contribution >= 0.6 is 11.3 Å². The normalized spacial score (nSPS) is 24.1. The molecule has 1 saturated heterocycles. The number of aromatic nitrogens is 1. The Morgan fingerprint density at radius 1 is 1.53 bits per heavy atom. The van der Waals surface area contributed by atoms with E-state index in [0.717, 1.165) is 24.5 Å². The molecule has 1 aromatic rings. The fourth-order valence-corrected chi connectivity index (χ4v) is 3.01. The van der Waals surface area contributed by atoms with Crippen molar-refractivity contribution in [1.82, 2.24) is 10.3 Å². The lowest BCUT2D eigenvalue weighted by Crippen LogP contribution is -2.42. The first-order chi connectivity index (χ1) is 9.11. The molecule has 1 aliphatic carbocycles. The largest absolute Gasteiger partial charge is 0.480 e. The summed E-state index contributed by atoms with van der Waals surface area (Å²) in [5, 5.41) is 12.4. The van der Waals surface area contributed by atoms with E-state index in [1.54, 1.807) is 0 Å². The van der Waals surface area contributed by atoms with E-state index >= 15 is 0 Å². The lowest BCUT2D eigenvalue weighted by atomic mass is 10.2. The molecular weight excluding hydrogens is 268 g/mol. The van der Waals surface area contributed by atoms with Crippen molar-refractivity contribution in [2.45, 2.75) is 37.3 Å². The van der Waals surface area contributed by atoms with Gasteiger partial charge in [-0.3, -0.25) is 4.79 Å². The first-order valence-electron chi connectivity index (χ1n) is 6.24. The van der Waals surface area contributed by atoms with Crippen LogP contribution in [0.2, 0.25) is 0 Å². The minimum atomic E-state index is -1.05. The zero-order valence-corrected chi connectivity index (χ0v) is 11.0. The summed E-state index contributed by atoms with van der Waals surface area (Å²) in [5.74, 6) is -1.33. The summed E-state index contributed by atoms with van der Waals surface area (Å²) >= 11 is 1.28. The predicted octanol–water partition coefficient (Wildman–Crippen LogP) is 1.34. The van der Waals surface area contributed by atoms with Crippen LogP contribution in [0.25, 0.3) is 0 Å². The highest BCUT2D eigenvalue weighted by Gasteiger charge is 2.51. The van der Waals surface area contributed by atoms with Crippen molar-refractivity contribution in [3.8, 4) is 0 Å². The molecule has 3 rings (SSSR count). The molecule has 2 aliphatic rings. The summed E-state index contributed by atoms with van der Waals surface area (Å²) in [4.78, 5) is 27.6. The van der Waals surface area contributed by atoms with E-state index in [1.165, 1.54) is 17.5 Å². The second-order valence-electron chi connectivity index (χ2n) is 4.91. The van der Waals surface area contributed by atoms with Gasteiger partial charge < -0.3 is 15.2 Å². The smallest absolute Gasteiger partial charge is 0.329 e. The van der Waals surface area contributed by atoms with Crippen LogP contribution in [0.5, 0.6) is 0 Å². The van der Waals surface area contributed by atoms with Crippen molar-refractivity contribution < 1.29 is 19.4 Å². The maximum absolute atomic E-state index is 12.0. The topological polar surface area (TPSA) is 88.5 Å². The van der Waals surface area contributed by atoms with Gasteiger partial charge in [-0.25, -0.2) is 9.78 Å². The second-order valence-corrected chi connectivity index (χ2v) is 5.97. The predicted molar refractivity (Wildman–Crippen MR) is 67.1 cm³/mol. The molecule has 0 aromatic carbocycles. The van der Waals surface area contributed by atoms with Gasteiger partial charge in [0.25, 0.3) is 5.91 Å². The number of carbonyl (C=O) groups excluding carboxylic acids is 1. The Bertz CT molecular complexity index is 518. The van der Waals surface area contributed by atoms with Crippen LogP contribution < -0.4 is 5.32 Å².